The molecule has 0 radical (unpaired) electrons. The molecule has 0 saturated heterocycles. The Hall–Kier alpha value is -1.23. The minimum absolute atomic E-state index is 0.0589. The number of aryl methyl sites for hydroxylation is 2. The molecule has 0 saturated carbocycles. The maximum Gasteiger partial charge on any atom is 0.230 e. The topological polar surface area (TPSA) is 55.1 Å². The van der Waals surface area contributed by atoms with Crippen LogP contribution in [0.1, 0.15) is 23.4 Å². The molecule has 1 heterocycles. The van der Waals surface area contributed by atoms with Crippen molar-refractivity contribution in [2.24, 2.45) is 0 Å². The largest absolute Gasteiger partial charge is 0.361 e. The Bertz CT molecular complexity index is 368. The van der Waals surface area contributed by atoms with E-state index in [9.17, 15) is 4.79 Å². The molecule has 1 N–H and O–H groups in total. The average molecular weight is 254 g/mol. The van der Waals surface area contributed by atoms with Gasteiger partial charge in [0, 0.05) is 17.9 Å². The molecule has 0 spiro atoms. The highest BCUT2D eigenvalue weighted by atomic mass is 32.2. The SMILES string of the molecule is C=CCCNC(=O)CSCc1c(C)noc1C. The van der Waals surface area contributed by atoms with E-state index in [0.717, 1.165) is 29.2 Å². The molecular formula is C12H18N2O2S. The predicted octanol–water partition coefficient (Wildman–Crippen LogP) is 2.22. The Balaban J connectivity index is 2.24. The highest BCUT2D eigenvalue weighted by Gasteiger charge is 2.09. The van der Waals surface area contributed by atoms with E-state index in [1.807, 2.05) is 13.8 Å². The van der Waals surface area contributed by atoms with Gasteiger partial charge in [-0.25, -0.2) is 0 Å². The monoisotopic (exact) mass is 254 g/mol. The molecule has 1 amide bonds. The third-order valence-electron chi connectivity index (χ3n) is 2.33. The van der Waals surface area contributed by atoms with Gasteiger partial charge in [-0.1, -0.05) is 11.2 Å². The molecule has 94 valence electrons. The summed E-state index contributed by atoms with van der Waals surface area (Å²) in [6, 6.07) is 0. The van der Waals surface area contributed by atoms with Crippen LogP contribution in [0.5, 0.6) is 0 Å². The summed E-state index contributed by atoms with van der Waals surface area (Å²) in [7, 11) is 0. The molecule has 1 aromatic rings. The van der Waals surface area contributed by atoms with Crippen LogP contribution >= 0.6 is 11.8 Å². The molecule has 0 aromatic carbocycles. The van der Waals surface area contributed by atoms with Gasteiger partial charge in [-0.3, -0.25) is 4.79 Å². The van der Waals surface area contributed by atoms with Crippen LogP contribution in [-0.4, -0.2) is 23.4 Å². The molecule has 1 aromatic heterocycles. The summed E-state index contributed by atoms with van der Waals surface area (Å²) < 4.78 is 5.06. The zero-order valence-corrected chi connectivity index (χ0v) is 11.1. The second-order valence-corrected chi connectivity index (χ2v) is 4.71. The second kappa shape index (κ2) is 7.17. The second-order valence-electron chi connectivity index (χ2n) is 3.72. The third kappa shape index (κ3) is 4.65. The van der Waals surface area contributed by atoms with Crippen LogP contribution in [0.25, 0.3) is 0 Å². The van der Waals surface area contributed by atoms with E-state index in [1.54, 1.807) is 17.8 Å². The summed E-state index contributed by atoms with van der Waals surface area (Å²) in [5.41, 5.74) is 2.00. The van der Waals surface area contributed by atoms with Crippen LogP contribution in [0.15, 0.2) is 17.2 Å². The summed E-state index contributed by atoms with van der Waals surface area (Å²) in [6.07, 6.45) is 2.59. The first kappa shape index (κ1) is 13.8. The highest BCUT2D eigenvalue weighted by molar-refractivity contribution is 7.99. The lowest BCUT2D eigenvalue weighted by molar-refractivity contribution is -0.118. The Morgan fingerprint density at radius 1 is 1.59 bits per heavy atom. The number of hydrogen-bond acceptors (Lipinski definition) is 4. The lowest BCUT2D eigenvalue weighted by Gasteiger charge is -2.03. The van der Waals surface area contributed by atoms with Crippen molar-refractivity contribution in [3.8, 4) is 0 Å². The predicted molar refractivity (Wildman–Crippen MR) is 70.0 cm³/mol. The maximum absolute atomic E-state index is 11.4. The summed E-state index contributed by atoms with van der Waals surface area (Å²) in [6.45, 7) is 8.06. The van der Waals surface area contributed by atoms with Crippen LogP contribution in [-0.2, 0) is 10.5 Å². The van der Waals surface area contributed by atoms with Crippen molar-refractivity contribution in [2.45, 2.75) is 26.0 Å². The molecule has 0 aliphatic rings. The smallest absolute Gasteiger partial charge is 0.230 e. The lowest BCUT2D eigenvalue weighted by Crippen LogP contribution is -2.25. The van der Waals surface area contributed by atoms with Gasteiger partial charge in [0.2, 0.25) is 5.91 Å². The van der Waals surface area contributed by atoms with Crippen molar-refractivity contribution in [1.82, 2.24) is 10.5 Å². The number of nitrogens with one attached hydrogen (secondary N) is 1. The molecule has 0 bridgehead atoms. The zero-order valence-electron chi connectivity index (χ0n) is 10.3. The van der Waals surface area contributed by atoms with Gasteiger partial charge in [-0.15, -0.1) is 18.3 Å². The van der Waals surface area contributed by atoms with E-state index in [0.29, 0.717) is 12.3 Å². The molecule has 0 unspecified atom stereocenters. The van der Waals surface area contributed by atoms with Crippen LogP contribution in [0.4, 0.5) is 0 Å². The van der Waals surface area contributed by atoms with Gasteiger partial charge in [0.15, 0.2) is 0 Å². The highest BCUT2D eigenvalue weighted by Crippen LogP contribution is 2.19. The summed E-state index contributed by atoms with van der Waals surface area (Å²) in [5, 5.41) is 6.70. The summed E-state index contributed by atoms with van der Waals surface area (Å²) in [5.74, 6) is 2.11. The number of hydrogen-bond donors (Lipinski definition) is 1. The minimum atomic E-state index is 0.0589. The minimum Gasteiger partial charge on any atom is -0.361 e. The lowest BCUT2D eigenvalue weighted by atomic mass is 10.2. The van der Waals surface area contributed by atoms with Gasteiger partial charge in [-0.2, -0.15) is 0 Å². The molecule has 1 rings (SSSR count). The number of thioether (sulfide) groups is 1. The van der Waals surface area contributed by atoms with Gasteiger partial charge < -0.3 is 9.84 Å². The fourth-order valence-corrected chi connectivity index (χ4v) is 2.32. The van der Waals surface area contributed by atoms with E-state index in [4.69, 9.17) is 4.52 Å². The molecule has 4 nitrogen and oxygen atoms in total. The number of aromatic nitrogens is 1. The molecular weight excluding hydrogens is 236 g/mol. The number of carbonyl (C=O) groups excluding carboxylic acids is 1. The molecule has 0 aliphatic heterocycles. The first-order valence-electron chi connectivity index (χ1n) is 5.52. The van der Waals surface area contributed by atoms with Gasteiger partial charge >= 0.3 is 0 Å². The van der Waals surface area contributed by atoms with E-state index in [2.05, 4.69) is 17.1 Å². The van der Waals surface area contributed by atoms with Gasteiger partial charge in [0.05, 0.1) is 11.4 Å². The quantitative estimate of drug-likeness (QED) is 0.599. The molecule has 17 heavy (non-hydrogen) atoms. The normalized spacial score (nSPS) is 10.2. The van der Waals surface area contributed by atoms with Crippen molar-refractivity contribution < 1.29 is 9.32 Å². The van der Waals surface area contributed by atoms with E-state index in [-0.39, 0.29) is 5.91 Å². The van der Waals surface area contributed by atoms with Gasteiger partial charge in [0.25, 0.3) is 0 Å². The van der Waals surface area contributed by atoms with Gasteiger partial charge in [-0.05, 0) is 20.3 Å². The van der Waals surface area contributed by atoms with Crippen molar-refractivity contribution in [1.29, 1.82) is 0 Å². The first-order valence-corrected chi connectivity index (χ1v) is 6.67. The van der Waals surface area contributed by atoms with Crippen LogP contribution in [0.3, 0.4) is 0 Å². The van der Waals surface area contributed by atoms with Crippen molar-refractivity contribution in [3.05, 3.63) is 29.7 Å². The van der Waals surface area contributed by atoms with Crippen molar-refractivity contribution in [2.75, 3.05) is 12.3 Å². The van der Waals surface area contributed by atoms with E-state index < -0.39 is 0 Å². The van der Waals surface area contributed by atoms with Crippen LogP contribution in [0, 0.1) is 13.8 Å². The molecule has 0 aliphatic carbocycles. The summed E-state index contributed by atoms with van der Waals surface area (Å²) >= 11 is 1.57. The van der Waals surface area contributed by atoms with Crippen LogP contribution in [0.2, 0.25) is 0 Å². The van der Waals surface area contributed by atoms with E-state index >= 15 is 0 Å². The van der Waals surface area contributed by atoms with E-state index in [1.165, 1.54) is 0 Å². The first-order chi connectivity index (χ1) is 8.15. The molecule has 0 atom stereocenters. The standard InChI is InChI=1S/C12H18N2O2S/c1-4-5-6-13-12(15)8-17-7-11-9(2)14-16-10(11)3/h4H,1,5-8H2,2-3H3,(H,13,15). The Kier molecular flexibility index (Phi) is 5.83. The van der Waals surface area contributed by atoms with Gasteiger partial charge in [0.1, 0.15) is 5.76 Å². The zero-order chi connectivity index (χ0) is 12.7. The Morgan fingerprint density at radius 3 is 2.94 bits per heavy atom. The van der Waals surface area contributed by atoms with Crippen LogP contribution < -0.4 is 5.32 Å². The third-order valence-corrected chi connectivity index (χ3v) is 3.29. The fourth-order valence-electron chi connectivity index (χ4n) is 1.32. The number of carbonyl (C=O) groups is 1. The number of rotatable bonds is 7. The Labute approximate surface area is 106 Å². The number of amides is 1. The molecule has 5 heteroatoms. The number of nitrogens with zero attached hydrogens (tertiary/aromatic N) is 1. The van der Waals surface area contributed by atoms with Crippen molar-refractivity contribution in [3.63, 3.8) is 0 Å². The Morgan fingerprint density at radius 2 is 2.35 bits per heavy atom. The fraction of sp³-hybridized carbons (Fsp3) is 0.500. The van der Waals surface area contributed by atoms with Crippen molar-refractivity contribution >= 4 is 17.7 Å². The average Bonchev–Trinajstić information content (AvgIpc) is 2.61. The molecule has 0 fully saturated rings. The summed E-state index contributed by atoms with van der Waals surface area (Å²) in [4.78, 5) is 11.4. The maximum atomic E-state index is 11.4.